The smallest absolute Gasteiger partial charge is 0.358 e. The lowest BCUT2D eigenvalue weighted by Gasteiger charge is -2.03. The van der Waals surface area contributed by atoms with Gasteiger partial charge in [-0.3, -0.25) is 0 Å². The van der Waals surface area contributed by atoms with Gasteiger partial charge >= 0.3 is 5.82 Å². The van der Waals surface area contributed by atoms with Gasteiger partial charge in [0.15, 0.2) is 6.20 Å². The molecular formula is C7H2ClF2N3O2. The molecule has 0 aliphatic carbocycles. The fourth-order valence-electron chi connectivity index (χ4n) is 0.958. The quantitative estimate of drug-likeness (QED) is 0.580. The van der Waals surface area contributed by atoms with Crippen LogP contribution in [0.4, 0.5) is 14.6 Å². The van der Waals surface area contributed by atoms with E-state index in [1.807, 2.05) is 0 Å². The molecule has 0 saturated carbocycles. The molecule has 0 unspecified atom stereocenters. The summed E-state index contributed by atoms with van der Waals surface area (Å²) >= 11 is 5.41. The number of hydrogen-bond donors (Lipinski definition) is 0. The largest absolute Gasteiger partial charge is 0.373 e. The topological polar surface area (TPSA) is 79.8 Å². The number of halogens is 3. The molecule has 0 aliphatic heterocycles. The summed E-state index contributed by atoms with van der Waals surface area (Å²) in [4.78, 5) is 12.4. The van der Waals surface area contributed by atoms with Gasteiger partial charge in [-0.2, -0.15) is 5.26 Å². The maximum atomic E-state index is 12.5. The summed E-state index contributed by atoms with van der Waals surface area (Å²) in [6.45, 7) is 0. The van der Waals surface area contributed by atoms with Gasteiger partial charge in [0.2, 0.25) is 0 Å². The van der Waals surface area contributed by atoms with Crippen LogP contribution in [-0.4, -0.2) is 9.91 Å². The van der Waals surface area contributed by atoms with Crippen molar-refractivity contribution in [1.82, 2.24) is 4.98 Å². The number of pyridine rings is 1. The van der Waals surface area contributed by atoms with Gasteiger partial charge in [0.05, 0.1) is 5.56 Å². The Hall–Kier alpha value is -1.81. The van der Waals surface area contributed by atoms with Crippen molar-refractivity contribution in [3.05, 3.63) is 32.5 Å². The van der Waals surface area contributed by atoms with Crippen LogP contribution in [0, 0.1) is 21.4 Å². The molecule has 0 saturated heterocycles. The highest BCUT2D eigenvalue weighted by atomic mass is 35.5. The van der Waals surface area contributed by atoms with Crippen LogP contribution in [0.15, 0.2) is 6.20 Å². The average molecular weight is 234 g/mol. The van der Waals surface area contributed by atoms with Crippen LogP contribution >= 0.6 is 11.6 Å². The molecule has 0 spiro atoms. The van der Waals surface area contributed by atoms with Crippen LogP contribution in [-0.2, 0) is 0 Å². The van der Waals surface area contributed by atoms with Crippen molar-refractivity contribution < 1.29 is 13.7 Å². The number of hydrogen-bond acceptors (Lipinski definition) is 4. The normalized spacial score (nSPS) is 10.1. The summed E-state index contributed by atoms with van der Waals surface area (Å²) in [5, 5.41) is 18.6. The molecule has 0 radical (unpaired) electrons. The van der Waals surface area contributed by atoms with Gasteiger partial charge in [0.1, 0.15) is 16.7 Å². The number of aromatic nitrogens is 1. The maximum Gasteiger partial charge on any atom is 0.373 e. The summed E-state index contributed by atoms with van der Waals surface area (Å²) < 4.78 is 24.9. The van der Waals surface area contributed by atoms with Crippen molar-refractivity contribution in [2.75, 3.05) is 0 Å². The first kappa shape index (κ1) is 11.3. The molecule has 15 heavy (non-hydrogen) atoms. The van der Waals surface area contributed by atoms with E-state index in [1.165, 1.54) is 6.07 Å². The minimum atomic E-state index is -3.17. The van der Waals surface area contributed by atoms with E-state index >= 15 is 0 Å². The molecular weight excluding hydrogens is 232 g/mol. The van der Waals surface area contributed by atoms with Gasteiger partial charge in [-0.05, 0) is 9.91 Å². The van der Waals surface area contributed by atoms with Crippen LogP contribution in [0.3, 0.4) is 0 Å². The monoisotopic (exact) mass is 233 g/mol. The summed E-state index contributed by atoms with van der Waals surface area (Å²) in [6.07, 6.45) is -2.38. The number of nitrogens with zero attached hydrogens (tertiary/aromatic N) is 3. The van der Waals surface area contributed by atoms with E-state index in [0.29, 0.717) is 0 Å². The van der Waals surface area contributed by atoms with E-state index in [9.17, 15) is 18.9 Å². The van der Waals surface area contributed by atoms with Crippen LogP contribution < -0.4 is 0 Å². The number of alkyl halides is 2. The Bertz CT molecular complexity index is 458. The van der Waals surface area contributed by atoms with E-state index in [4.69, 9.17) is 16.9 Å². The van der Waals surface area contributed by atoms with Crippen molar-refractivity contribution in [1.29, 1.82) is 5.26 Å². The summed E-state index contributed by atoms with van der Waals surface area (Å²) in [5.41, 5.74) is -1.66. The second-order valence-electron chi connectivity index (χ2n) is 2.39. The first-order chi connectivity index (χ1) is 6.99. The Morgan fingerprint density at radius 3 is 2.67 bits per heavy atom. The molecule has 8 heteroatoms. The zero-order valence-electron chi connectivity index (χ0n) is 6.95. The van der Waals surface area contributed by atoms with Gasteiger partial charge in [0, 0.05) is 0 Å². The van der Waals surface area contributed by atoms with Crippen LogP contribution in [0.5, 0.6) is 0 Å². The Balaban J connectivity index is 3.58. The molecule has 78 valence electrons. The van der Waals surface area contributed by atoms with Crippen LogP contribution in [0.25, 0.3) is 0 Å². The molecule has 1 aromatic rings. The van der Waals surface area contributed by atoms with Crippen molar-refractivity contribution >= 4 is 17.4 Å². The SMILES string of the molecule is N#Cc1c(Cl)cnc([N+](=O)[O-])c1C(F)F. The van der Waals surface area contributed by atoms with Crippen molar-refractivity contribution in [3.8, 4) is 6.07 Å². The highest BCUT2D eigenvalue weighted by molar-refractivity contribution is 6.31. The van der Waals surface area contributed by atoms with Gasteiger partial charge in [-0.1, -0.05) is 11.6 Å². The molecule has 5 nitrogen and oxygen atoms in total. The maximum absolute atomic E-state index is 12.5. The molecule has 0 aliphatic rings. The first-order valence-corrected chi connectivity index (χ1v) is 3.87. The second kappa shape index (κ2) is 4.14. The molecule has 0 bridgehead atoms. The van der Waals surface area contributed by atoms with E-state index in [-0.39, 0.29) is 5.02 Å². The van der Waals surface area contributed by atoms with Gasteiger partial charge < -0.3 is 10.1 Å². The van der Waals surface area contributed by atoms with Gasteiger partial charge in [-0.15, -0.1) is 0 Å². The molecule has 0 atom stereocenters. The van der Waals surface area contributed by atoms with Crippen LogP contribution in [0.2, 0.25) is 5.02 Å². The third-order valence-electron chi connectivity index (χ3n) is 1.55. The first-order valence-electron chi connectivity index (χ1n) is 3.50. The highest BCUT2D eigenvalue weighted by Crippen LogP contribution is 2.33. The number of nitro groups is 1. The minimum absolute atomic E-state index is 0.335. The van der Waals surface area contributed by atoms with Gasteiger partial charge in [0.25, 0.3) is 6.43 Å². The van der Waals surface area contributed by atoms with Gasteiger partial charge in [-0.25, -0.2) is 8.78 Å². The summed E-state index contributed by atoms with van der Waals surface area (Å²) in [5.74, 6) is -1.05. The van der Waals surface area contributed by atoms with E-state index < -0.39 is 28.3 Å². The van der Waals surface area contributed by atoms with E-state index in [2.05, 4.69) is 4.98 Å². The molecule has 0 aromatic carbocycles. The fourth-order valence-corrected chi connectivity index (χ4v) is 1.15. The Morgan fingerprint density at radius 1 is 1.67 bits per heavy atom. The molecule has 1 rings (SSSR count). The third kappa shape index (κ3) is 1.99. The Kier molecular flexibility index (Phi) is 3.11. The lowest BCUT2D eigenvalue weighted by atomic mass is 10.1. The predicted molar refractivity (Wildman–Crippen MR) is 45.6 cm³/mol. The summed E-state index contributed by atoms with van der Waals surface area (Å²) in [7, 11) is 0. The van der Waals surface area contributed by atoms with E-state index in [1.54, 1.807) is 0 Å². The highest BCUT2D eigenvalue weighted by Gasteiger charge is 2.29. The van der Waals surface area contributed by atoms with Crippen LogP contribution in [0.1, 0.15) is 17.6 Å². The number of rotatable bonds is 2. The molecule has 0 N–H and O–H groups in total. The zero-order chi connectivity index (χ0) is 11.6. The van der Waals surface area contributed by atoms with Crippen molar-refractivity contribution in [2.24, 2.45) is 0 Å². The second-order valence-corrected chi connectivity index (χ2v) is 2.80. The zero-order valence-corrected chi connectivity index (χ0v) is 7.70. The predicted octanol–water partition coefficient (Wildman–Crippen LogP) is 2.45. The minimum Gasteiger partial charge on any atom is -0.358 e. The third-order valence-corrected chi connectivity index (χ3v) is 1.84. The Morgan fingerprint density at radius 2 is 2.27 bits per heavy atom. The Labute approximate surface area is 87.1 Å². The average Bonchev–Trinajstić information content (AvgIpc) is 2.16. The fraction of sp³-hybridized carbons (Fsp3) is 0.143. The lowest BCUT2D eigenvalue weighted by Crippen LogP contribution is -2.02. The molecule has 0 fully saturated rings. The standard InChI is InChI=1S/C7H2ClF2N3O2/c8-4-2-12-7(13(14)15)5(6(9)10)3(4)1-11/h2,6H. The summed E-state index contributed by atoms with van der Waals surface area (Å²) in [6, 6.07) is 1.38. The van der Waals surface area contributed by atoms with Crippen molar-refractivity contribution in [2.45, 2.75) is 6.43 Å². The van der Waals surface area contributed by atoms with E-state index in [0.717, 1.165) is 6.20 Å². The molecule has 1 heterocycles. The van der Waals surface area contributed by atoms with Crippen molar-refractivity contribution in [3.63, 3.8) is 0 Å². The molecule has 0 amide bonds. The lowest BCUT2D eigenvalue weighted by molar-refractivity contribution is -0.391. The molecule has 1 aromatic heterocycles. The number of nitriles is 1.